The highest BCUT2D eigenvalue weighted by Crippen LogP contribution is 2.25. The maximum absolute atomic E-state index is 14.2. The fraction of sp³-hybridized carbons (Fsp3) is 0.300. The maximum Gasteiger partial charge on any atom is 0.167 e. The molecule has 0 bridgehead atoms. The highest BCUT2D eigenvalue weighted by atomic mass is 19.1. The Labute approximate surface area is 139 Å². The van der Waals surface area contributed by atoms with Crippen molar-refractivity contribution in [3.05, 3.63) is 72.4 Å². The molecule has 0 saturated carbocycles. The van der Waals surface area contributed by atoms with Gasteiger partial charge >= 0.3 is 0 Å². The summed E-state index contributed by atoms with van der Waals surface area (Å²) in [6.07, 6.45) is 6.34. The minimum atomic E-state index is -0.421. The third kappa shape index (κ3) is 6.15. The summed E-state index contributed by atoms with van der Waals surface area (Å²) in [5, 5.41) is 3.14. The van der Waals surface area contributed by atoms with Crippen LogP contribution in [-0.2, 0) is 0 Å². The number of hydrogen-bond acceptors (Lipinski definition) is 2. The molecule has 0 aliphatic carbocycles. The number of benzene rings is 1. The van der Waals surface area contributed by atoms with E-state index in [1.54, 1.807) is 24.3 Å². The van der Waals surface area contributed by atoms with Gasteiger partial charge in [-0.15, -0.1) is 0 Å². The lowest BCUT2D eigenvalue weighted by Crippen LogP contribution is -2.07. The molecule has 0 aromatic heterocycles. The molecular formula is C20H26FNO. The van der Waals surface area contributed by atoms with Crippen LogP contribution in [0.3, 0.4) is 0 Å². The van der Waals surface area contributed by atoms with E-state index in [2.05, 4.69) is 32.3 Å². The summed E-state index contributed by atoms with van der Waals surface area (Å²) in [6.45, 7) is 15.7. The van der Waals surface area contributed by atoms with Gasteiger partial charge in [-0.1, -0.05) is 38.7 Å². The van der Waals surface area contributed by atoms with Crippen LogP contribution < -0.4 is 10.1 Å². The van der Waals surface area contributed by atoms with Crippen LogP contribution in [0.1, 0.15) is 34.1 Å². The van der Waals surface area contributed by atoms with E-state index in [4.69, 9.17) is 4.74 Å². The van der Waals surface area contributed by atoms with E-state index in [9.17, 15) is 4.39 Å². The average Bonchev–Trinajstić information content (AvgIpc) is 2.52. The van der Waals surface area contributed by atoms with E-state index in [1.807, 2.05) is 19.9 Å². The second-order valence-electron chi connectivity index (χ2n) is 5.58. The van der Waals surface area contributed by atoms with Crippen molar-refractivity contribution in [1.82, 2.24) is 0 Å². The smallest absolute Gasteiger partial charge is 0.167 e. The van der Waals surface area contributed by atoms with Crippen molar-refractivity contribution in [3.63, 3.8) is 0 Å². The van der Waals surface area contributed by atoms with Crippen LogP contribution in [0, 0.1) is 11.7 Å². The monoisotopic (exact) mass is 315 g/mol. The zero-order valence-electron chi connectivity index (χ0n) is 14.4. The third-order valence-corrected chi connectivity index (χ3v) is 3.49. The predicted octanol–water partition coefficient (Wildman–Crippen LogP) is 6.21. The lowest BCUT2D eigenvalue weighted by atomic mass is 10.1. The molecule has 23 heavy (non-hydrogen) atoms. The molecule has 0 saturated heterocycles. The first-order chi connectivity index (χ1) is 10.9. The quantitative estimate of drug-likeness (QED) is 0.454. The Morgan fingerprint density at radius 2 is 2.04 bits per heavy atom. The first-order valence-corrected chi connectivity index (χ1v) is 7.80. The number of nitrogens with one attached hydrogen (secondary N) is 1. The molecule has 0 amide bonds. The zero-order valence-corrected chi connectivity index (χ0v) is 14.4. The molecular weight excluding hydrogens is 289 g/mol. The third-order valence-electron chi connectivity index (χ3n) is 3.49. The minimum Gasteiger partial charge on any atom is -0.455 e. The fourth-order valence-electron chi connectivity index (χ4n) is 1.76. The molecule has 2 nitrogen and oxygen atoms in total. The normalized spacial score (nSPS) is 13.0. The Balaban J connectivity index is 2.84. The molecule has 1 N–H and O–H groups in total. The van der Waals surface area contributed by atoms with Gasteiger partial charge in [0.25, 0.3) is 0 Å². The van der Waals surface area contributed by atoms with E-state index in [-0.39, 0.29) is 5.75 Å². The molecule has 1 aromatic rings. The predicted molar refractivity (Wildman–Crippen MR) is 97.0 cm³/mol. The second-order valence-corrected chi connectivity index (χ2v) is 5.58. The van der Waals surface area contributed by atoms with Crippen molar-refractivity contribution >= 4 is 5.69 Å². The van der Waals surface area contributed by atoms with Gasteiger partial charge in [0.15, 0.2) is 11.6 Å². The van der Waals surface area contributed by atoms with Gasteiger partial charge in [0.1, 0.15) is 5.76 Å². The Morgan fingerprint density at radius 3 is 2.57 bits per heavy atom. The van der Waals surface area contributed by atoms with Crippen LogP contribution in [0.25, 0.3) is 0 Å². The van der Waals surface area contributed by atoms with E-state index in [0.717, 1.165) is 17.7 Å². The van der Waals surface area contributed by atoms with Crippen molar-refractivity contribution in [1.29, 1.82) is 0 Å². The van der Waals surface area contributed by atoms with Gasteiger partial charge in [0, 0.05) is 17.5 Å². The van der Waals surface area contributed by atoms with Crippen molar-refractivity contribution in [2.75, 3.05) is 5.32 Å². The van der Waals surface area contributed by atoms with Crippen LogP contribution in [0.15, 0.2) is 66.6 Å². The lowest BCUT2D eigenvalue weighted by molar-refractivity contribution is 0.411. The summed E-state index contributed by atoms with van der Waals surface area (Å²) >= 11 is 0. The van der Waals surface area contributed by atoms with Crippen molar-refractivity contribution in [3.8, 4) is 5.75 Å². The molecule has 1 unspecified atom stereocenters. The summed E-state index contributed by atoms with van der Waals surface area (Å²) < 4.78 is 19.8. The first-order valence-electron chi connectivity index (χ1n) is 7.80. The van der Waals surface area contributed by atoms with Crippen molar-refractivity contribution in [2.24, 2.45) is 5.92 Å². The molecule has 0 aliphatic heterocycles. The number of rotatable bonds is 8. The summed E-state index contributed by atoms with van der Waals surface area (Å²) in [7, 11) is 0. The molecule has 3 heteroatoms. The van der Waals surface area contributed by atoms with E-state index >= 15 is 0 Å². The Morgan fingerprint density at radius 1 is 1.35 bits per heavy atom. The van der Waals surface area contributed by atoms with Gasteiger partial charge in [-0.05, 0) is 50.5 Å². The van der Waals surface area contributed by atoms with E-state index in [0.29, 0.717) is 17.4 Å². The van der Waals surface area contributed by atoms with Crippen LogP contribution in [0.4, 0.5) is 10.1 Å². The molecule has 0 spiro atoms. The molecule has 124 valence electrons. The molecule has 1 atom stereocenters. The number of anilines is 1. The lowest BCUT2D eigenvalue weighted by Gasteiger charge is -2.16. The van der Waals surface area contributed by atoms with E-state index in [1.165, 1.54) is 6.07 Å². The summed E-state index contributed by atoms with van der Waals surface area (Å²) in [6, 6.07) is 4.81. The maximum atomic E-state index is 14.2. The van der Waals surface area contributed by atoms with Gasteiger partial charge in [-0.25, -0.2) is 4.39 Å². The molecule has 1 aromatic carbocycles. The van der Waals surface area contributed by atoms with E-state index < -0.39 is 5.82 Å². The number of halogens is 1. The van der Waals surface area contributed by atoms with Crippen LogP contribution in [-0.4, -0.2) is 0 Å². The summed E-state index contributed by atoms with van der Waals surface area (Å²) in [5.41, 5.74) is 2.44. The Hall–Kier alpha value is -2.29. The van der Waals surface area contributed by atoms with Gasteiger partial charge in [0.2, 0.25) is 0 Å². The minimum absolute atomic E-state index is 0.184. The molecule has 1 rings (SSSR count). The van der Waals surface area contributed by atoms with Gasteiger partial charge in [0.05, 0.1) is 0 Å². The van der Waals surface area contributed by atoms with Crippen molar-refractivity contribution < 1.29 is 9.13 Å². The van der Waals surface area contributed by atoms with Crippen LogP contribution >= 0.6 is 0 Å². The second kappa shape index (κ2) is 8.99. The summed E-state index contributed by atoms with van der Waals surface area (Å²) in [4.78, 5) is 0. The highest BCUT2D eigenvalue weighted by molar-refractivity contribution is 5.51. The summed E-state index contributed by atoms with van der Waals surface area (Å²) in [5.74, 6) is 0.659. The number of ether oxygens (including phenoxy) is 1. The standard InChI is InChI=1S/C20H26FNO/c1-7-15(5)16(6)22-17-10-12-20(19(21)13-17)23-18(8-2)11-9-14(3)4/h8-13,15,22H,3,6-7H2,1-2,4-5H3/b11-9-,18-8+. The highest BCUT2D eigenvalue weighted by Gasteiger charge is 2.09. The fourth-order valence-corrected chi connectivity index (χ4v) is 1.76. The molecule has 0 heterocycles. The van der Waals surface area contributed by atoms with Gasteiger partial charge in [-0.3, -0.25) is 0 Å². The Kier molecular flexibility index (Phi) is 7.33. The average molecular weight is 315 g/mol. The molecule has 0 aliphatic rings. The van der Waals surface area contributed by atoms with Crippen LogP contribution in [0.2, 0.25) is 0 Å². The van der Waals surface area contributed by atoms with Gasteiger partial charge < -0.3 is 10.1 Å². The molecule has 0 fully saturated rings. The molecule has 0 radical (unpaired) electrons. The van der Waals surface area contributed by atoms with Crippen molar-refractivity contribution in [2.45, 2.75) is 34.1 Å². The number of allylic oxidation sites excluding steroid dienone is 5. The SMILES string of the molecule is C=C(C)/C=C\C(=C/C)Oc1ccc(NC(=C)C(C)CC)cc1F. The topological polar surface area (TPSA) is 21.3 Å². The van der Waals surface area contributed by atoms with Crippen LogP contribution in [0.5, 0.6) is 5.75 Å². The Bertz CT molecular complexity index is 629. The van der Waals surface area contributed by atoms with Gasteiger partial charge in [-0.2, -0.15) is 0 Å². The largest absolute Gasteiger partial charge is 0.455 e. The first kappa shape index (κ1) is 18.8. The number of hydrogen-bond donors (Lipinski definition) is 1. The zero-order chi connectivity index (χ0) is 17.4.